The Morgan fingerprint density at radius 1 is 1.33 bits per heavy atom. The van der Waals surface area contributed by atoms with Crippen LogP contribution in [-0.2, 0) is 4.79 Å². The van der Waals surface area contributed by atoms with Gasteiger partial charge in [0.1, 0.15) is 0 Å². The van der Waals surface area contributed by atoms with Crippen molar-refractivity contribution in [1.29, 1.82) is 0 Å². The molecule has 0 aliphatic heterocycles. The molecule has 106 valence electrons. The number of aromatic nitrogens is 2. The smallest absolute Gasteiger partial charge is 0.322 e. The highest BCUT2D eigenvalue weighted by molar-refractivity contribution is 9.11. The minimum atomic E-state index is -0.314. The van der Waals surface area contributed by atoms with Crippen molar-refractivity contribution in [2.75, 3.05) is 5.32 Å². The summed E-state index contributed by atoms with van der Waals surface area (Å²) in [4.78, 5) is 13.6. The van der Waals surface area contributed by atoms with Crippen molar-refractivity contribution < 1.29 is 9.21 Å². The Morgan fingerprint density at radius 3 is 2.95 bits per heavy atom. The number of amides is 1. The van der Waals surface area contributed by atoms with E-state index in [-0.39, 0.29) is 11.9 Å². The number of hydrogen-bond donors (Lipinski definition) is 1. The van der Waals surface area contributed by atoms with Crippen molar-refractivity contribution in [3.8, 4) is 10.8 Å². The van der Waals surface area contributed by atoms with Crippen LogP contribution in [0.5, 0.6) is 0 Å². The van der Waals surface area contributed by atoms with Crippen molar-refractivity contribution in [2.45, 2.75) is 0 Å². The minimum Gasteiger partial charge on any atom is -0.402 e. The summed E-state index contributed by atoms with van der Waals surface area (Å²) in [5.74, 6) is 0.0641. The van der Waals surface area contributed by atoms with Gasteiger partial charge in [0.05, 0.1) is 8.66 Å². The van der Waals surface area contributed by atoms with Gasteiger partial charge >= 0.3 is 6.01 Å². The quantitative estimate of drug-likeness (QED) is 0.684. The maximum Gasteiger partial charge on any atom is 0.322 e. The number of nitrogens with one attached hydrogen (secondary N) is 1. The number of nitrogens with zero attached hydrogens (tertiary/aromatic N) is 2. The number of carbonyl (C=O) groups is 1. The van der Waals surface area contributed by atoms with Crippen LogP contribution >= 0.6 is 38.6 Å². The molecule has 1 amide bonds. The van der Waals surface area contributed by atoms with Crippen molar-refractivity contribution in [1.82, 2.24) is 10.2 Å². The van der Waals surface area contributed by atoms with Crippen LogP contribution in [0.15, 0.2) is 43.9 Å². The van der Waals surface area contributed by atoms with E-state index in [0.29, 0.717) is 5.89 Å². The molecule has 0 spiro atoms. The normalized spacial score (nSPS) is 11.1. The fraction of sp³-hybridized carbons (Fsp3) is 0. The predicted octanol–water partition coefficient (Wildman–Crippen LogP) is 4.27. The third-order valence-electron chi connectivity index (χ3n) is 2.38. The molecule has 3 aromatic heterocycles. The molecule has 0 saturated heterocycles. The predicted molar refractivity (Wildman–Crippen MR) is 87.3 cm³/mol. The van der Waals surface area contributed by atoms with Gasteiger partial charge in [0, 0.05) is 11.0 Å². The van der Waals surface area contributed by atoms with E-state index in [1.165, 1.54) is 17.4 Å². The molecule has 1 N–H and O–H groups in total. The zero-order valence-corrected chi connectivity index (χ0v) is 13.7. The molecule has 3 heterocycles. The van der Waals surface area contributed by atoms with Crippen LogP contribution in [0.25, 0.3) is 16.8 Å². The van der Waals surface area contributed by atoms with Crippen molar-refractivity contribution in [3.63, 3.8) is 0 Å². The summed E-state index contributed by atoms with van der Waals surface area (Å²) in [7, 11) is 0. The van der Waals surface area contributed by atoms with Crippen LogP contribution < -0.4 is 5.32 Å². The molecule has 0 aliphatic rings. The molecule has 0 unspecified atom stereocenters. The Bertz CT molecular complexity index is 777. The van der Waals surface area contributed by atoms with E-state index in [9.17, 15) is 4.79 Å². The highest BCUT2D eigenvalue weighted by atomic mass is 79.9. The van der Waals surface area contributed by atoms with E-state index in [2.05, 4.69) is 31.4 Å². The van der Waals surface area contributed by atoms with Gasteiger partial charge in [-0.1, -0.05) is 11.2 Å². The Labute approximate surface area is 136 Å². The average Bonchev–Trinajstić information content (AvgIpc) is 3.17. The van der Waals surface area contributed by atoms with Crippen LogP contribution in [0.2, 0.25) is 0 Å². The summed E-state index contributed by atoms with van der Waals surface area (Å²) in [6.45, 7) is 0. The molecule has 5 nitrogen and oxygen atoms in total. The van der Waals surface area contributed by atoms with E-state index in [4.69, 9.17) is 4.42 Å². The summed E-state index contributed by atoms with van der Waals surface area (Å²) in [5.41, 5.74) is 0. The van der Waals surface area contributed by atoms with E-state index in [0.717, 1.165) is 13.5 Å². The standard InChI is InChI=1S/C13H8BrN3O2S2/c14-10-5-4-9(21-10)12-16-17-13(19-12)15-11(18)6-3-8-2-1-7-20-8/h1-7H,(H,15,17,18). The van der Waals surface area contributed by atoms with Crippen LogP contribution in [-0.4, -0.2) is 16.1 Å². The van der Waals surface area contributed by atoms with Crippen LogP contribution in [0.1, 0.15) is 4.88 Å². The Hall–Kier alpha value is -1.77. The summed E-state index contributed by atoms with van der Waals surface area (Å²) in [5, 5.41) is 12.2. The van der Waals surface area contributed by atoms with Gasteiger partial charge in [-0.25, -0.2) is 0 Å². The SMILES string of the molecule is O=C(C=Cc1cccs1)Nc1nnc(-c2ccc(Br)s2)o1. The highest BCUT2D eigenvalue weighted by Gasteiger charge is 2.11. The maximum atomic E-state index is 11.7. The molecule has 0 atom stereocenters. The molecule has 0 aromatic carbocycles. The first-order valence-corrected chi connectivity index (χ1v) is 8.31. The van der Waals surface area contributed by atoms with Crippen molar-refractivity contribution in [3.05, 3.63) is 44.4 Å². The van der Waals surface area contributed by atoms with Crippen LogP contribution in [0, 0.1) is 0 Å². The first-order chi connectivity index (χ1) is 10.2. The molecule has 8 heteroatoms. The van der Waals surface area contributed by atoms with Gasteiger partial charge in [-0.3, -0.25) is 10.1 Å². The average molecular weight is 382 g/mol. The fourth-order valence-electron chi connectivity index (χ4n) is 1.49. The van der Waals surface area contributed by atoms with Gasteiger partial charge in [-0.05, 0) is 45.6 Å². The summed E-state index contributed by atoms with van der Waals surface area (Å²) >= 11 is 6.40. The van der Waals surface area contributed by atoms with E-state index in [1.54, 1.807) is 17.4 Å². The van der Waals surface area contributed by atoms with E-state index < -0.39 is 0 Å². The zero-order chi connectivity index (χ0) is 14.7. The molecule has 21 heavy (non-hydrogen) atoms. The molecule has 0 aliphatic carbocycles. The summed E-state index contributed by atoms with van der Waals surface area (Å²) < 4.78 is 6.37. The number of anilines is 1. The molecule has 3 rings (SSSR count). The van der Waals surface area contributed by atoms with Crippen LogP contribution in [0.3, 0.4) is 0 Å². The largest absolute Gasteiger partial charge is 0.402 e. The lowest BCUT2D eigenvalue weighted by Crippen LogP contribution is -2.07. The topological polar surface area (TPSA) is 68.0 Å². The molecule has 0 bridgehead atoms. The van der Waals surface area contributed by atoms with Gasteiger partial charge in [-0.2, -0.15) is 0 Å². The minimum absolute atomic E-state index is 0.0790. The van der Waals surface area contributed by atoms with Crippen molar-refractivity contribution >= 4 is 56.6 Å². The Balaban J connectivity index is 1.65. The summed E-state index contributed by atoms with van der Waals surface area (Å²) in [6.07, 6.45) is 3.16. The molecule has 0 saturated carbocycles. The number of carbonyl (C=O) groups excluding carboxylic acids is 1. The molecular formula is C13H8BrN3O2S2. The fourth-order valence-corrected chi connectivity index (χ4v) is 3.42. The third-order valence-corrected chi connectivity index (χ3v) is 4.83. The summed E-state index contributed by atoms with van der Waals surface area (Å²) in [6, 6.07) is 7.69. The van der Waals surface area contributed by atoms with Crippen molar-refractivity contribution in [2.24, 2.45) is 0 Å². The molecule has 3 aromatic rings. The lowest BCUT2D eigenvalue weighted by Gasteiger charge is -1.93. The van der Waals surface area contributed by atoms with E-state index >= 15 is 0 Å². The number of thiophene rings is 2. The van der Waals surface area contributed by atoms with E-state index in [1.807, 2.05) is 29.6 Å². The lowest BCUT2D eigenvalue weighted by atomic mass is 10.4. The second-order valence-corrected chi connectivity index (χ2v) is 7.30. The second-order valence-electron chi connectivity index (χ2n) is 3.85. The van der Waals surface area contributed by atoms with Gasteiger partial charge < -0.3 is 4.42 Å². The second kappa shape index (κ2) is 6.33. The Morgan fingerprint density at radius 2 is 2.24 bits per heavy atom. The van der Waals surface area contributed by atoms with Gasteiger partial charge in [0.25, 0.3) is 11.8 Å². The maximum absolute atomic E-state index is 11.7. The molecule has 0 fully saturated rings. The van der Waals surface area contributed by atoms with Gasteiger partial charge in [0.15, 0.2) is 0 Å². The highest BCUT2D eigenvalue weighted by Crippen LogP contribution is 2.30. The van der Waals surface area contributed by atoms with Gasteiger partial charge in [-0.15, -0.1) is 27.8 Å². The lowest BCUT2D eigenvalue weighted by molar-refractivity contribution is -0.112. The van der Waals surface area contributed by atoms with Crippen LogP contribution in [0.4, 0.5) is 6.01 Å². The number of hydrogen-bond acceptors (Lipinski definition) is 6. The molecule has 0 radical (unpaired) electrons. The molecular weight excluding hydrogens is 374 g/mol. The number of halogens is 1. The third kappa shape index (κ3) is 3.66. The zero-order valence-electron chi connectivity index (χ0n) is 10.4. The first-order valence-electron chi connectivity index (χ1n) is 5.82. The monoisotopic (exact) mass is 381 g/mol. The number of rotatable bonds is 4. The van der Waals surface area contributed by atoms with Gasteiger partial charge in [0.2, 0.25) is 0 Å². The first kappa shape index (κ1) is 14.2. The Kier molecular flexibility index (Phi) is 4.28.